The van der Waals surface area contributed by atoms with Gasteiger partial charge in [-0.3, -0.25) is 0 Å². The van der Waals surface area contributed by atoms with Crippen molar-refractivity contribution in [3.63, 3.8) is 0 Å². The summed E-state index contributed by atoms with van der Waals surface area (Å²) in [6.07, 6.45) is 0. The molecule has 1 aliphatic carbocycles. The number of nitrogens with zero attached hydrogens (tertiary/aromatic N) is 1. The summed E-state index contributed by atoms with van der Waals surface area (Å²) < 4.78 is 5.13. The molecule has 0 aliphatic heterocycles. The predicted molar refractivity (Wildman–Crippen MR) is 209 cm³/mol. The molecule has 8 aromatic carbocycles. The Kier molecular flexibility index (Phi) is 5.67. The summed E-state index contributed by atoms with van der Waals surface area (Å²) in [5, 5.41) is 7.91. The first-order chi connectivity index (χ1) is 24.3. The van der Waals surface area contributed by atoms with Crippen LogP contribution in [0.3, 0.4) is 0 Å². The molecule has 49 heavy (non-hydrogen) atoms. The van der Waals surface area contributed by atoms with Crippen LogP contribution in [0.1, 0.15) is 22.6 Å². The molecule has 2 aromatic heterocycles. The molecule has 0 fully saturated rings. The average molecular weight is 640 g/mol. The standard InChI is InChI=1S/C47H29NS/c1-2-13-32(14-3-1)48-42-25-22-31(28-41(42)46-43(48)26-24-39-35-17-8-9-20-44(35)49-47(39)46)30-21-23-38-40(27-30)34-16-6-7-18-37(34)45(38)36-19-10-12-29-11-4-5-15-33(29)36/h1-28,45H. The summed E-state index contributed by atoms with van der Waals surface area (Å²) in [5.41, 5.74) is 13.0. The lowest BCUT2D eigenvalue weighted by Gasteiger charge is -2.17. The van der Waals surface area contributed by atoms with Gasteiger partial charge in [0.1, 0.15) is 0 Å². The molecule has 1 atom stereocenters. The third-order valence-corrected chi connectivity index (χ3v) is 11.9. The van der Waals surface area contributed by atoms with E-state index in [9.17, 15) is 0 Å². The zero-order valence-electron chi connectivity index (χ0n) is 26.6. The zero-order chi connectivity index (χ0) is 32.1. The quantitative estimate of drug-likeness (QED) is 0.181. The maximum Gasteiger partial charge on any atom is 0.0555 e. The second kappa shape index (κ2) is 10.3. The molecule has 1 unspecified atom stereocenters. The molecule has 0 N–H and O–H groups in total. The smallest absolute Gasteiger partial charge is 0.0555 e. The molecule has 1 nitrogen and oxygen atoms in total. The van der Waals surface area contributed by atoms with Crippen LogP contribution in [0.15, 0.2) is 170 Å². The number of rotatable bonds is 3. The monoisotopic (exact) mass is 639 g/mol. The molecule has 0 bridgehead atoms. The van der Waals surface area contributed by atoms with Crippen LogP contribution in [-0.4, -0.2) is 4.57 Å². The van der Waals surface area contributed by atoms with Gasteiger partial charge in [-0.1, -0.05) is 127 Å². The fourth-order valence-corrected chi connectivity index (χ4v) is 9.80. The second-order valence-electron chi connectivity index (χ2n) is 13.2. The van der Waals surface area contributed by atoms with Gasteiger partial charge < -0.3 is 4.57 Å². The van der Waals surface area contributed by atoms with Gasteiger partial charge in [0.05, 0.1) is 11.0 Å². The number of fused-ring (bicyclic) bond motifs is 11. The van der Waals surface area contributed by atoms with Gasteiger partial charge >= 0.3 is 0 Å². The normalized spacial score (nSPS) is 13.9. The first kappa shape index (κ1) is 27.0. The van der Waals surface area contributed by atoms with Crippen LogP contribution in [-0.2, 0) is 0 Å². The van der Waals surface area contributed by atoms with Gasteiger partial charge in [0.25, 0.3) is 0 Å². The Morgan fingerprint density at radius 2 is 1.12 bits per heavy atom. The van der Waals surface area contributed by atoms with E-state index in [0.717, 1.165) is 0 Å². The van der Waals surface area contributed by atoms with Crippen molar-refractivity contribution in [1.82, 2.24) is 4.57 Å². The van der Waals surface area contributed by atoms with Crippen molar-refractivity contribution in [2.24, 2.45) is 0 Å². The number of thiophene rings is 1. The zero-order valence-corrected chi connectivity index (χ0v) is 27.4. The van der Waals surface area contributed by atoms with Crippen molar-refractivity contribution in [1.29, 1.82) is 0 Å². The summed E-state index contributed by atoms with van der Waals surface area (Å²) in [6, 6.07) is 63.0. The fourth-order valence-electron chi connectivity index (χ4n) is 8.54. The largest absolute Gasteiger partial charge is 0.309 e. The van der Waals surface area contributed by atoms with E-state index in [2.05, 4.69) is 174 Å². The van der Waals surface area contributed by atoms with Gasteiger partial charge in [-0.25, -0.2) is 0 Å². The lowest BCUT2D eigenvalue weighted by molar-refractivity contribution is 1.03. The minimum atomic E-state index is 0.207. The van der Waals surface area contributed by atoms with Crippen LogP contribution in [0.4, 0.5) is 0 Å². The molecule has 1 aliphatic rings. The van der Waals surface area contributed by atoms with E-state index in [1.165, 1.54) is 97.4 Å². The Morgan fingerprint density at radius 3 is 2.06 bits per heavy atom. The van der Waals surface area contributed by atoms with E-state index >= 15 is 0 Å². The summed E-state index contributed by atoms with van der Waals surface area (Å²) in [5.74, 6) is 0.207. The highest BCUT2D eigenvalue weighted by Crippen LogP contribution is 2.51. The maximum atomic E-state index is 2.44. The molecule has 2 heteroatoms. The Morgan fingerprint density at radius 1 is 0.429 bits per heavy atom. The molecule has 0 saturated carbocycles. The third-order valence-electron chi connectivity index (χ3n) is 10.7. The van der Waals surface area contributed by atoms with E-state index < -0.39 is 0 Å². The average Bonchev–Trinajstić information content (AvgIpc) is 3.82. The first-order valence-electron chi connectivity index (χ1n) is 17.0. The molecule has 2 heterocycles. The van der Waals surface area contributed by atoms with E-state index in [4.69, 9.17) is 0 Å². The number of para-hydroxylation sites is 1. The number of hydrogen-bond acceptors (Lipinski definition) is 1. The number of aromatic nitrogens is 1. The molecular formula is C47H29NS. The summed E-state index contributed by atoms with van der Waals surface area (Å²) in [4.78, 5) is 0. The molecule has 0 radical (unpaired) electrons. The van der Waals surface area contributed by atoms with Crippen molar-refractivity contribution in [2.75, 3.05) is 0 Å². The minimum Gasteiger partial charge on any atom is -0.309 e. The molecule has 0 saturated heterocycles. The highest BCUT2D eigenvalue weighted by Gasteiger charge is 2.31. The maximum absolute atomic E-state index is 2.44. The van der Waals surface area contributed by atoms with Crippen LogP contribution < -0.4 is 0 Å². The SMILES string of the molecule is c1ccc(-n2c3ccc(-c4ccc5c(c4)-c4ccccc4C5c4cccc5ccccc45)cc3c3c4sc5ccccc5c4ccc32)cc1. The van der Waals surface area contributed by atoms with E-state index in [0.29, 0.717) is 0 Å². The molecule has 0 amide bonds. The Balaban J connectivity index is 1.15. The highest BCUT2D eigenvalue weighted by atomic mass is 32.1. The molecule has 0 spiro atoms. The van der Waals surface area contributed by atoms with Crippen molar-refractivity contribution in [3.05, 3.63) is 187 Å². The Bertz CT molecular complexity index is 2940. The summed E-state index contributed by atoms with van der Waals surface area (Å²) >= 11 is 1.91. The van der Waals surface area contributed by atoms with Gasteiger partial charge in [-0.15, -0.1) is 11.3 Å². The minimum absolute atomic E-state index is 0.207. The molecule has 228 valence electrons. The van der Waals surface area contributed by atoms with Crippen LogP contribution in [0.25, 0.3) is 80.7 Å². The van der Waals surface area contributed by atoms with Crippen LogP contribution in [0, 0.1) is 0 Å². The van der Waals surface area contributed by atoms with E-state index in [1.54, 1.807) is 0 Å². The summed E-state index contributed by atoms with van der Waals surface area (Å²) in [7, 11) is 0. The number of benzene rings is 8. The van der Waals surface area contributed by atoms with Crippen LogP contribution in [0.2, 0.25) is 0 Å². The van der Waals surface area contributed by atoms with Crippen molar-refractivity contribution in [2.45, 2.75) is 5.92 Å². The van der Waals surface area contributed by atoms with E-state index in [1.807, 2.05) is 11.3 Å². The summed E-state index contributed by atoms with van der Waals surface area (Å²) in [6.45, 7) is 0. The second-order valence-corrected chi connectivity index (χ2v) is 14.3. The third kappa shape index (κ3) is 3.87. The van der Waals surface area contributed by atoms with Gasteiger partial charge in [0.2, 0.25) is 0 Å². The lowest BCUT2D eigenvalue weighted by atomic mass is 9.86. The Labute approximate surface area is 287 Å². The topological polar surface area (TPSA) is 4.93 Å². The Hall–Kier alpha value is -5.96. The van der Waals surface area contributed by atoms with Crippen molar-refractivity contribution < 1.29 is 0 Å². The fraction of sp³-hybridized carbons (Fsp3) is 0.0213. The molecular weight excluding hydrogens is 611 g/mol. The lowest BCUT2D eigenvalue weighted by Crippen LogP contribution is -2.00. The predicted octanol–water partition coefficient (Wildman–Crippen LogP) is 13.1. The van der Waals surface area contributed by atoms with Gasteiger partial charge in [0, 0.05) is 42.6 Å². The number of hydrogen-bond donors (Lipinski definition) is 0. The highest BCUT2D eigenvalue weighted by molar-refractivity contribution is 7.26. The van der Waals surface area contributed by atoms with Crippen LogP contribution in [0.5, 0.6) is 0 Å². The van der Waals surface area contributed by atoms with E-state index in [-0.39, 0.29) is 5.92 Å². The molecule has 10 aromatic rings. The van der Waals surface area contributed by atoms with Crippen molar-refractivity contribution >= 4 is 64.1 Å². The van der Waals surface area contributed by atoms with Gasteiger partial charge in [-0.2, -0.15) is 0 Å². The van der Waals surface area contributed by atoms with Gasteiger partial charge in [0.15, 0.2) is 0 Å². The van der Waals surface area contributed by atoms with Crippen molar-refractivity contribution in [3.8, 4) is 27.9 Å². The molecule has 11 rings (SSSR count). The first-order valence-corrected chi connectivity index (χ1v) is 17.8. The van der Waals surface area contributed by atoms with Crippen LogP contribution >= 0.6 is 11.3 Å². The van der Waals surface area contributed by atoms with Gasteiger partial charge in [-0.05, 0) is 92.2 Å².